The van der Waals surface area contributed by atoms with Crippen LogP contribution in [0.5, 0.6) is 0 Å². The van der Waals surface area contributed by atoms with Crippen molar-refractivity contribution in [3.63, 3.8) is 0 Å². The highest BCUT2D eigenvalue weighted by Crippen LogP contribution is 2.41. The fraction of sp³-hybridized carbons (Fsp3) is 0.196. The van der Waals surface area contributed by atoms with E-state index in [0.717, 1.165) is 55.4 Å². The summed E-state index contributed by atoms with van der Waals surface area (Å²) in [5, 5.41) is 0. The van der Waals surface area contributed by atoms with Crippen molar-refractivity contribution in [1.82, 2.24) is 0 Å². The fourth-order valence-corrected chi connectivity index (χ4v) is 8.59. The van der Waals surface area contributed by atoms with Crippen LogP contribution < -0.4 is 0 Å². The van der Waals surface area contributed by atoms with Gasteiger partial charge in [0.1, 0.15) is 0 Å². The van der Waals surface area contributed by atoms with Gasteiger partial charge in [0.05, 0.1) is 5.70 Å². The largest absolute Gasteiger partial charge is 0.257 e. The van der Waals surface area contributed by atoms with Gasteiger partial charge in [0.25, 0.3) is 0 Å². The van der Waals surface area contributed by atoms with Crippen molar-refractivity contribution >= 4 is 22.6 Å². The quantitative estimate of drug-likeness (QED) is 0.0686. The van der Waals surface area contributed by atoms with Crippen LogP contribution in [0.15, 0.2) is 211 Å². The number of benzene rings is 5. The molecule has 0 saturated carbocycles. The highest BCUT2D eigenvalue weighted by molar-refractivity contribution is 6.06. The minimum Gasteiger partial charge on any atom is -0.257 e. The van der Waals surface area contributed by atoms with Crippen LogP contribution in [0.4, 0.5) is 0 Å². The summed E-state index contributed by atoms with van der Waals surface area (Å²) in [5.74, 6) is 1.38. The zero-order chi connectivity index (χ0) is 38.8. The SMILES string of the molecule is C=C(/C=C(\N=C(CCC)C1C=CC(c2ccc(C3C=C(c4ccccc4)C(c4ccccc4)=CC3)cc2)CC1)c1ccc(-c2ccccc2)cc1)C1C=CC=CC1. The fourth-order valence-electron chi connectivity index (χ4n) is 8.59. The summed E-state index contributed by atoms with van der Waals surface area (Å²) in [7, 11) is 0. The zero-order valence-electron chi connectivity index (χ0n) is 33.2. The maximum absolute atomic E-state index is 5.52. The molecule has 1 heteroatoms. The summed E-state index contributed by atoms with van der Waals surface area (Å²) in [6.45, 7) is 6.81. The number of nitrogens with zero attached hydrogens (tertiary/aromatic N) is 1. The normalized spacial score (nSPS) is 20.9. The third kappa shape index (κ3) is 9.16. The van der Waals surface area contributed by atoms with Crippen LogP contribution in [0.3, 0.4) is 0 Å². The molecule has 0 aromatic heterocycles. The van der Waals surface area contributed by atoms with Crippen LogP contribution in [0.1, 0.15) is 85.1 Å². The van der Waals surface area contributed by atoms with Crippen molar-refractivity contribution < 1.29 is 0 Å². The van der Waals surface area contributed by atoms with E-state index in [1.54, 1.807) is 0 Å². The molecule has 0 saturated heterocycles. The van der Waals surface area contributed by atoms with Crippen LogP contribution in [0, 0.1) is 11.8 Å². The highest BCUT2D eigenvalue weighted by atomic mass is 14.8. The minimum atomic E-state index is 0.295. The van der Waals surface area contributed by atoms with Crippen molar-refractivity contribution in [2.75, 3.05) is 0 Å². The number of rotatable bonds is 12. The molecule has 4 atom stereocenters. The molecule has 3 aliphatic carbocycles. The van der Waals surface area contributed by atoms with Gasteiger partial charge in [-0.05, 0) is 88.3 Å². The molecule has 282 valence electrons. The molecule has 0 amide bonds. The number of allylic oxidation sites excluding steroid dienone is 12. The van der Waals surface area contributed by atoms with Gasteiger partial charge in [-0.25, -0.2) is 0 Å². The lowest BCUT2D eigenvalue weighted by Gasteiger charge is -2.26. The Hall–Kier alpha value is -6.05. The Kier molecular flexibility index (Phi) is 12.1. The number of aliphatic imine (C=N–C) groups is 1. The third-order valence-electron chi connectivity index (χ3n) is 11.8. The molecule has 0 N–H and O–H groups in total. The van der Waals surface area contributed by atoms with Gasteiger partial charge < -0.3 is 0 Å². The molecular formula is C56H53N. The van der Waals surface area contributed by atoms with E-state index < -0.39 is 0 Å². The number of hydrogen-bond acceptors (Lipinski definition) is 1. The molecule has 8 rings (SSSR count). The zero-order valence-corrected chi connectivity index (χ0v) is 33.2. The summed E-state index contributed by atoms with van der Waals surface area (Å²) in [4.78, 5) is 5.52. The molecule has 0 fully saturated rings. The summed E-state index contributed by atoms with van der Waals surface area (Å²) in [5.41, 5.74) is 14.9. The van der Waals surface area contributed by atoms with Crippen molar-refractivity contribution in [3.05, 3.63) is 234 Å². The molecule has 57 heavy (non-hydrogen) atoms. The van der Waals surface area contributed by atoms with Crippen molar-refractivity contribution in [2.45, 2.75) is 57.3 Å². The monoisotopic (exact) mass is 739 g/mol. The average Bonchev–Trinajstić information content (AvgIpc) is 3.29. The molecular weight excluding hydrogens is 687 g/mol. The lowest BCUT2D eigenvalue weighted by Crippen LogP contribution is -2.17. The smallest absolute Gasteiger partial charge is 0.0704 e. The molecule has 3 aliphatic rings. The lowest BCUT2D eigenvalue weighted by atomic mass is 9.79. The summed E-state index contributed by atoms with van der Waals surface area (Å²) in [6.07, 6.45) is 27.0. The van der Waals surface area contributed by atoms with Crippen LogP contribution in [0.25, 0.3) is 28.0 Å². The average molecular weight is 740 g/mol. The van der Waals surface area contributed by atoms with Crippen LogP contribution in [-0.2, 0) is 0 Å². The van der Waals surface area contributed by atoms with Gasteiger partial charge >= 0.3 is 0 Å². The van der Waals surface area contributed by atoms with Gasteiger partial charge in [0, 0.05) is 34.9 Å². The summed E-state index contributed by atoms with van der Waals surface area (Å²) >= 11 is 0. The Labute approximate surface area is 340 Å². The molecule has 0 bridgehead atoms. The Balaban J connectivity index is 1.01. The van der Waals surface area contributed by atoms with Crippen molar-refractivity contribution in [2.24, 2.45) is 16.8 Å². The third-order valence-corrected chi connectivity index (χ3v) is 11.8. The first kappa shape index (κ1) is 37.9. The standard InChI is InChI=1S/C56H53N/c1-3-16-55(57-56(39-41(2)42-17-8-4-9-18-42)51-35-31-44(32-36-51)43-19-10-5-11-20-43)50-33-29-46(30-34-50)45-25-27-47(28-26-45)52-37-38-53(48-21-12-6-13-22-48)54(40-52)49-23-14-7-15-24-49/h4-15,17,19-29,31-33,35-36,38-40,42,46,50,52H,2-3,16,18,30,34,37H2,1H3/b56-39-,57-55?. The minimum absolute atomic E-state index is 0.295. The van der Waals surface area contributed by atoms with Gasteiger partial charge in [-0.3, -0.25) is 4.99 Å². The van der Waals surface area contributed by atoms with E-state index in [1.807, 2.05) is 0 Å². The van der Waals surface area contributed by atoms with Gasteiger partial charge in [-0.2, -0.15) is 0 Å². The van der Waals surface area contributed by atoms with Crippen LogP contribution in [-0.4, -0.2) is 5.71 Å². The molecule has 0 heterocycles. The highest BCUT2D eigenvalue weighted by Gasteiger charge is 2.23. The second kappa shape index (κ2) is 18.3. The van der Waals surface area contributed by atoms with Gasteiger partial charge in [0.2, 0.25) is 0 Å². The summed E-state index contributed by atoms with van der Waals surface area (Å²) in [6, 6.07) is 50.6. The second-order valence-corrected chi connectivity index (χ2v) is 15.7. The molecule has 5 aromatic rings. The lowest BCUT2D eigenvalue weighted by molar-refractivity contribution is 0.593. The number of hydrogen-bond donors (Lipinski definition) is 0. The van der Waals surface area contributed by atoms with E-state index in [4.69, 9.17) is 4.99 Å². The Morgan fingerprint density at radius 2 is 1.21 bits per heavy atom. The van der Waals surface area contributed by atoms with E-state index in [2.05, 4.69) is 208 Å². The molecule has 1 nitrogen and oxygen atoms in total. The van der Waals surface area contributed by atoms with Crippen molar-refractivity contribution in [3.8, 4) is 11.1 Å². The Morgan fingerprint density at radius 1 is 0.596 bits per heavy atom. The first-order chi connectivity index (χ1) is 28.1. The first-order valence-electron chi connectivity index (χ1n) is 20.9. The maximum Gasteiger partial charge on any atom is 0.0704 e. The molecule has 0 spiro atoms. The van der Waals surface area contributed by atoms with E-state index in [1.165, 1.54) is 50.2 Å². The summed E-state index contributed by atoms with van der Waals surface area (Å²) < 4.78 is 0. The Morgan fingerprint density at radius 3 is 1.81 bits per heavy atom. The van der Waals surface area contributed by atoms with E-state index in [-0.39, 0.29) is 0 Å². The van der Waals surface area contributed by atoms with Gasteiger partial charge in [-0.1, -0.05) is 208 Å². The maximum atomic E-state index is 5.52. The second-order valence-electron chi connectivity index (χ2n) is 15.7. The van der Waals surface area contributed by atoms with E-state index in [9.17, 15) is 0 Å². The van der Waals surface area contributed by atoms with Crippen LogP contribution in [0.2, 0.25) is 0 Å². The van der Waals surface area contributed by atoms with E-state index in [0.29, 0.717) is 23.7 Å². The van der Waals surface area contributed by atoms with Gasteiger partial charge in [-0.15, -0.1) is 0 Å². The Bertz CT molecular complexity index is 2350. The topological polar surface area (TPSA) is 12.4 Å². The molecule has 0 radical (unpaired) electrons. The molecule has 0 aliphatic heterocycles. The van der Waals surface area contributed by atoms with Crippen LogP contribution >= 0.6 is 0 Å². The molecule has 5 aromatic carbocycles. The predicted octanol–water partition coefficient (Wildman–Crippen LogP) is 15.0. The first-order valence-corrected chi connectivity index (χ1v) is 20.9. The van der Waals surface area contributed by atoms with Crippen molar-refractivity contribution in [1.29, 1.82) is 0 Å². The van der Waals surface area contributed by atoms with E-state index >= 15 is 0 Å². The molecule has 4 unspecified atom stereocenters. The predicted molar refractivity (Wildman–Crippen MR) is 245 cm³/mol. The van der Waals surface area contributed by atoms with Gasteiger partial charge in [0.15, 0.2) is 0 Å².